The van der Waals surface area contributed by atoms with E-state index in [4.69, 9.17) is 14.7 Å². The van der Waals surface area contributed by atoms with Crippen molar-refractivity contribution in [1.82, 2.24) is 14.5 Å². The van der Waals surface area contributed by atoms with Gasteiger partial charge in [0.1, 0.15) is 11.5 Å². The summed E-state index contributed by atoms with van der Waals surface area (Å²) in [5, 5.41) is 12.0. The van der Waals surface area contributed by atoms with Crippen LogP contribution < -0.4 is 4.74 Å². The fourth-order valence-corrected chi connectivity index (χ4v) is 8.92. The number of benzene rings is 8. The SMILES string of the molecule is N#Cc1ccc2c(c1)c1cc(-c3ccc4c(c3)C(c3ccccc3)(c3ccccc3)c3ccccc3O4)ccc1n2-c1nc(-c2ccccc2)cc(-c2ccccc2)n1. The summed E-state index contributed by atoms with van der Waals surface area (Å²) >= 11 is 0. The van der Waals surface area contributed by atoms with E-state index in [0.717, 1.165) is 89.2 Å². The molecule has 5 nitrogen and oxygen atoms in total. The van der Waals surface area contributed by atoms with Crippen molar-refractivity contribution in [1.29, 1.82) is 5.26 Å². The van der Waals surface area contributed by atoms with Crippen molar-refractivity contribution in [2.75, 3.05) is 0 Å². The van der Waals surface area contributed by atoms with Crippen molar-refractivity contribution in [2.24, 2.45) is 0 Å². The van der Waals surface area contributed by atoms with Crippen LogP contribution in [0.4, 0.5) is 0 Å². The van der Waals surface area contributed by atoms with Crippen LogP contribution in [0.5, 0.6) is 11.5 Å². The van der Waals surface area contributed by atoms with E-state index in [9.17, 15) is 5.26 Å². The van der Waals surface area contributed by atoms with Gasteiger partial charge in [0.25, 0.3) is 0 Å². The average Bonchev–Trinajstić information content (AvgIpc) is 3.64. The summed E-state index contributed by atoms with van der Waals surface area (Å²) in [6.45, 7) is 0. The van der Waals surface area contributed by atoms with Gasteiger partial charge in [0.15, 0.2) is 0 Å². The van der Waals surface area contributed by atoms with Gasteiger partial charge in [-0.1, -0.05) is 152 Å². The zero-order valence-corrected chi connectivity index (χ0v) is 31.8. The predicted octanol–water partition coefficient (Wildman–Crippen LogP) is 12.9. The number of nitriles is 1. The van der Waals surface area contributed by atoms with E-state index in [1.807, 2.05) is 60.7 Å². The summed E-state index contributed by atoms with van der Waals surface area (Å²) in [6.07, 6.45) is 0. The second-order valence-electron chi connectivity index (χ2n) is 14.9. The Bertz CT molecular complexity index is 3150. The number of aromatic nitrogens is 3. The molecular weight excluding hydrogens is 721 g/mol. The first-order valence-electron chi connectivity index (χ1n) is 19.7. The lowest BCUT2D eigenvalue weighted by Gasteiger charge is -2.41. The van der Waals surface area contributed by atoms with Crippen LogP contribution >= 0.6 is 0 Å². The lowest BCUT2D eigenvalue weighted by atomic mass is 9.63. The van der Waals surface area contributed by atoms with Crippen LogP contribution in [-0.2, 0) is 5.41 Å². The van der Waals surface area contributed by atoms with Gasteiger partial charge in [-0.3, -0.25) is 4.57 Å². The quantitative estimate of drug-likeness (QED) is 0.170. The summed E-state index contributed by atoms with van der Waals surface area (Å²) in [5.41, 5.74) is 12.1. The Balaban J connectivity index is 1.14. The highest BCUT2D eigenvalue weighted by molar-refractivity contribution is 6.10. The molecule has 0 saturated heterocycles. The first-order chi connectivity index (χ1) is 29.2. The molecule has 1 aliphatic heterocycles. The molecule has 276 valence electrons. The maximum Gasteiger partial charge on any atom is 0.235 e. The minimum Gasteiger partial charge on any atom is -0.457 e. The van der Waals surface area contributed by atoms with Crippen LogP contribution in [0.25, 0.3) is 61.4 Å². The Morgan fingerprint density at radius 1 is 0.441 bits per heavy atom. The van der Waals surface area contributed by atoms with Crippen LogP contribution in [0.2, 0.25) is 0 Å². The average molecular weight is 755 g/mol. The third kappa shape index (κ3) is 5.54. The summed E-state index contributed by atoms with van der Waals surface area (Å²) in [6, 6.07) is 73.7. The predicted molar refractivity (Wildman–Crippen MR) is 236 cm³/mol. The smallest absolute Gasteiger partial charge is 0.235 e. The first-order valence-corrected chi connectivity index (χ1v) is 19.7. The number of rotatable bonds is 6. The third-order valence-corrected chi connectivity index (χ3v) is 11.6. The van der Waals surface area contributed by atoms with E-state index >= 15 is 0 Å². The van der Waals surface area contributed by atoms with E-state index in [2.05, 4.69) is 156 Å². The van der Waals surface area contributed by atoms with E-state index in [0.29, 0.717) is 11.5 Å². The second-order valence-corrected chi connectivity index (χ2v) is 14.9. The molecule has 10 aromatic rings. The molecule has 5 heteroatoms. The monoisotopic (exact) mass is 754 g/mol. The molecule has 11 rings (SSSR count). The molecule has 0 fully saturated rings. The maximum atomic E-state index is 10.1. The largest absolute Gasteiger partial charge is 0.457 e. The van der Waals surface area contributed by atoms with Gasteiger partial charge in [0.2, 0.25) is 5.95 Å². The van der Waals surface area contributed by atoms with E-state index in [1.165, 1.54) is 0 Å². The zero-order chi connectivity index (χ0) is 39.3. The van der Waals surface area contributed by atoms with Gasteiger partial charge in [0, 0.05) is 33.0 Å². The highest BCUT2D eigenvalue weighted by atomic mass is 16.5. The van der Waals surface area contributed by atoms with Gasteiger partial charge in [-0.25, -0.2) is 9.97 Å². The van der Waals surface area contributed by atoms with Gasteiger partial charge in [-0.15, -0.1) is 0 Å². The minimum atomic E-state index is -0.637. The summed E-state index contributed by atoms with van der Waals surface area (Å²) in [7, 11) is 0. The van der Waals surface area contributed by atoms with Gasteiger partial charge >= 0.3 is 0 Å². The van der Waals surface area contributed by atoms with Gasteiger partial charge in [-0.2, -0.15) is 5.26 Å². The Kier molecular flexibility index (Phi) is 8.02. The number of hydrogen-bond acceptors (Lipinski definition) is 4. The number of ether oxygens (including phenoxy) is 1. The standard InChI is InChI=1S/C54H34N4O/c55-35-36-25-28-49-43(31-36)44-32-39(26-29-50(44)58(49)53-56-47(37-15-5-1-6-16-37)34-48(57-53)38-17-7-2-8-18-38)40-27-30-52-46(33-40)54(41-19-9-3-10-20-41,42-21-11-4-12-22-42)45-23-13-14-24-51(45)59-52/h1-34H. The Morgan fingerprint density at radius 3 is 1.58 bits per heavy atom. The molecule has 0 N–H and O–H groups in total. The van der Waals surface area contributed by atoms with Crippen molar-refractivity contribution in [3.63, 3.8) is 0 Å². The first kappa shape index (κ1) is 34.2. The normalized spacial score (nSPS) is 12.7. The Labute approximate surface area is 341 Å². The molecule has 59 heavy (non-hydrogen) atoms. The molecule has 0 bridgehead atoms. The number of hydrogen-bond donors (Lipinski definition) is 0. The van der Waals surface area contributed by atoms with Crippen LogP contribution in [0.15, 0.2) is 206 Å². The fraction of sp³-hybridized carbons (Fsp3) is 0.0185. The molecule has 0 unspecified atom stereocenters. The minimum absolute atomic E-state index is 0.558. The molecule has 0 amide bonds. The molecule has 8 aromatic carbocycles. The third-order valence-electron chi connectivity index (χ3n) is 11.6. The molecule has 0 spiro atoms. The molecule has 0 saturated carbocycles. The lowest BCUT2D eigenvalue weighted by Crippen LogP contribution is -2.34. The highest BCUT2D eigenvalue weighted by Gasteiger charge is 2.45. The van der Waals surface area contributed by atoms with Crippen LogP contribution in [0, 0.1) is 11.3 Å². The Hall–Kier alpha value is -8.07. The van der Waals surface area contributed by atoms with Gasteiger partial charge in [-0.05, 0) is 76.9 Å². The van der Waals surface area contributed by atoms with E-state index < -0.39 is 5.41 Å². The summed E-state index contributed by atoms with van der Waals surface area (Å²) in [5.74, 6) is 2.22. The zero-order valence-electron chi connectivity index (χ0n) is 31.8. The van der Waals surface area contributed by atoms with Gasteiger partial charge in [0.05, 0.1) is 39.5 Å². The lowest BCUT2D eigenvalue weighted by molar-refractivity contribution is 0.434. The highest BCUT2D eigenvalue weighted by Crippen LogP contribution is 2.56. The molecule has 1 aliphatic rings. The molecule has 0 atom stereocenters. The number of nitrogens with zero attached hydrogens (tertiary/aromatic N) is 4. The van der Waals surface area contributed by atoms with Crippen molar-refractivity contribution < 1.29 is 4.74 Å². The van der Waals surface area contributed by atoms with Crippen molar-refractivity contribution in [3.05, 3.63) is 234 Å². The topological polar surface area (TPSA) is 63.7 Å². The number of para-hydroxylation sites is 1. The Morgan fingerprint density at radius 2 is 0.949 bits per heavy atom. The van der Waals surface area contributed by atoms with Crippen LogP contribution in [0.1, 0.15) is 27.8 Å². The maximum absolute atomic E-state index is 10.1. The van der Waals surface area contributed by atoms with Crippen molar-refractivity contribution in [2.45, 2.75) is 5.41 Å². The summed E-state index contributed by atoms with van der Waals surface area (Å²) in [4.78, 5) is 10.4. The molecular formula is C54H34N4O. The fourth-order valence-electron chi connectivity index (χ4n) is 8.92. The molecule has 2 aromatic heterocycles. The number of fused-ring (bicyclic) bond motifs is 5. The van der Waals surface area contributed by atoms with Crippen LogP contribution in [-0.4, -0.2) is 14.5 Å². The van der Waals surface area contributed by atoms with Crippen molar-refractivity contribution >= 4 is 21.8 Å². The molecule has 0 radical (unpaired) electrons. The molecule has 0 aliphatic carbocycles. The van der Waals surface area contributed by atoms with Crippen LogP contribution in [0.3, 0.4) is 0 Å². The van der Waals surface area contributed by atoms with Gasteiger partial charge < -0.3 is 4.74 Å². The van der Waals surface area contributed by atoms with E-state index in [1.54, 1.807) is 0 Å². The van der Waals surface area contributed by atoms with Crippen molar-refractivity contribution in [3.8, 4) is 57.2 Å². The molecule has 3 heterocycles. The van der Waals surface area contributed by atoms with E-state index in [-0.39, 0.29) is 0 Å². The second kappa shape index (κ2) is 13.8. The summed E-state index contributed by atoms with van der Waals surface area (Å²) < 4.78 is 8.83.